The highest BCUT2D eigenvalue weighted by Gasteiger charge is 2.15. The van der Waals surface area contributed by atoms with E-state index in [1.165, 1.54) is 0 Å². The average Bonchev–Trinajstić information content (AvgIpc) is 2.64. The van der Waals surface area contributed by atoms with Crippen LogP contribution in [-0.2, 0) is 4.79 Å². The minimum Gasteiger partial charge on any atom is -0.481 e. The van der Waals surface area contributed by atoms with Crippen molar-refractivity contribution in [2.24, 2.45) is 0 Å². The van der Waals surface area contributed by atoms with E-state index in [-0.39, 0.29) is 5.91 Å². The molecule has 0 saturated heterocycles. The second-order valence-corrected chi connectivity index (χ2v) is 6.08. The third kappa shape index (κ3) is 5.01. The van der Waals surface area contributed by atoms with Crippen LogP contribution in [0.1, 0.15) is 6.92 Å². The molecule has 3 rings (SSSR count). The van der Waals surface area contributed by atoms with Crippen LogP contribution in [-0.4, -0.2) is 12.0 Å². The molecule has 132 valence electrons. The number of carbonyl (C=O) groups is 1. The second-order valence-electron chi connectivity index (χ2n) is 5.65. The summed E-state index contributed by atoms with van der Waals surface area (Å²) in [7, 11) is 0. The first-order valence-corrected chi connectivity index (χ1v) is 8.54. The van der Waals surface area contributed by atoms with Crippen molar-refractivity contribution in [1.29, 1.82) is 0 Å². The summed E-state index contributed by atoms with van der Waals surface area (Å²) in [4.78, 5) is 12.3. The van der Waals surface area contributed by atoms with Gasteiger partial charge in [0.2, 0.25) is 0 Å². The van der Waals surface area contributed by atoms with Gasteiger partial charge in [0.1, 0.15) is 17.2 Å². The van der Waals surface area contributed by atoms with Gasteiger partial charge in [-0.1, -0.05) is 35.9 Å². The maximum Gasteiger partial charge on any atom is 0.265 e. The first kappa shape index (κ1) is 17.8. The topological polar surface area (TPSA) is 47.6 Å². The summed E-state index contributed by atoms with van der Waals surface area (Å²) in [6.07, 6.45) is -0.659. The van der Waals surface area contributed by atoms with Crippen LogP contribution in [0.5, 0.6) is 17.2 Å². The van der Waals surface area contributed by atoms with Gasteiger partial charge in [-0.3, -0.25) is 4.79 Å². The molecular formula is C21H18ClNO3. The lowest BCUT2D eigenvalue weighted by Crippen LogP contribution is -2.30. The molecule has 0 heterocycles. The highest BCUT2D eigenvalue weighted by molar-refractivity contribution is 6.30. The Hall–Kier alpha value is -2.98. The van der Waals surface area contributed by atoms with Gasteiger partial charge in [-0.05, 0) is 61.5 Å². The summed E-state index contributed by atoms with van der Waals surface area (Å²) in [6.45, 7) is 1.68. The Bertz CT molecular complexity index is 866. The lowest BCUT2D eigenvalue weighted by molar-refractivity contribution is -0.122. The molecule has 4 nitrogen and oxygen atoms in total. The maximum atomic E-state index is 12.3. The summed E-state index contributed by atoms with van der Waals surface area (Å²) in [5, 5.41) is 3.37. The van der Waals surface area contributed by atoms with Crippen molar-refractivity contribution in [2.45, 2.75) is 13.0 Å². The van der Waals surface area contributed by atoms with Crippen molar-refractivity contribution in [1.82, 2.24) is 0 Å². The molecule has 0 saturated carbocycles. The van der Waals surface area contributed by atoms with E-state index in [2.05, 4.69) is 5.32 Å². The summed E-state index contributed by atoms with van der Waals surface area (Å²) in [5.41, 5.74) is 0.664. The predicted molar refractivity (Wildman–Crippen MR) is 103 cm³/mol. The Morgan fingerprint density at radius 3 is 2.23 bits per heavy atom. The van der Waals surface area contributed by atoms with Crippen LogP contribution in [0.3, 0.4) is 0 Å². The molecule has 0 aliphatic heterocycles. The predicted octanol–water partition coefficient (Wildman–Crippen LogP) is 5.54. The fourth-order valence-corrected chi connectivity index (χ4v) is 2.45. The first-order chi connectivity index (χ1) is 12.6. The van der Waals surface area contributed by atoms with Crippen LogP contribution in [0, 0.1) is 0 Å². The molecule has 1 N–H and O–H groups in total. The standard InChI is InChI=1S/C21H18ClNO3/c1-15(25-20-9-5-6-16(22)14-20)21(24)23-17-10-12-19(13-11-17)26-18-7-3-2-4-8-18/h2-15H,1H3,(H,23,24)/t15-/m1/s1. The van der Waals surface area contributed by atoms with Gasteiger partial charge in [0.05, 0.1) is 0 Å². The van der Waals surface area contributed by atoms with Crippen molar-refractivity contribution < 1.29 is 14.3 Å². The number of ether oxygens (including phenoxy) is 2. The summed E-state index contributed by atoms with van der Waals surface area (Å²) in [5.74, 6) is 1.75. The summed E-state index contributed by atoms with van der Waals surface area (Å²) in [6, 6.07) is 23.6. The summed E-state index contributed by atoms with van der Waals surface area (Å²) >= 11 is 5.92. The highest BCUT2D eigenvalue weighted by Crippen LogP contribution is 2.23. The quantitative estimate of drug-likeness (QED) is 0.622. The van der Waals surface area contributed by atoms with Crippen LogP contribution >= 0.6 is 11.6 Å². The number of halogens is 1. The number of rotatable bonds is 6. The van der Waals surface area contributed by atoms with Crippen LogP contribution < -0.4 is 14.8 Å². The van der Waals surface area contributed by atoms with E-state index in [9.17, 15) is 4.79 Å². The number of hydrogen-bond donors (Lipinski definition) is 1. The minimum atomic E-state index is -0.659. The van der Waals surface area contributed by atoms with E-state index >= 15 is 0 Å². The number of anilines is 1. The molecule has 3 aromatic carbocycles. The number of amides is 1. The number of nitrogens with one attached hydrogen (secondary N) is 1. The van der Waals surface area contributed by atoms with Crippen LogP contribution in [0.25, 0.3) is 0 Å². The van der Waals surface area contributed by atoms with Crippen molar-refractivity contribution >= 4 is 23.2 Å². The monoisotopic (exact) mass is 367 g/mol. The summed E-state index contributed by atoms with van der Waals surface area (Å²) < 4.78 is 11.3. The van der Waals surface area contributed by atoms with E-state index in [1.807, 2.05) is 30.3 Å². The van der Waals surface area contributed by atoms with Gasteiger partial charge >= 0.3 is 0 Å². The SMILES string of the molecule is C[C@@H](Oc1cccc(Cl)c1)C(=O)Nc1ccc(Oc2ccccc2)cc1. The van der Waals surface area contributed by atoms with Crippen molar-refractivity contribution in [2.75, 3.05) is 5.32 Å². The number of para-hydroxylation sites is 1. The van der Waals surface area contributed by atoms with E-state index in [1.54, 1.807) is 55.5 Å². The Balaban J connectivity index is 1.57. The Morgan fingerprint density at radius 2 is 1.54 bits per heavy atom. The molecule has 1 atom stereocenters. The first-order valence-electron chi connectivity index (χ1n) is 8.16. The van der Waals surface area contributed by atoms with Crippen LogP contribution in [0.2, 0.25) is 5.02 Å². The molecule has 0 unspecified atom stereocenters. The van der Waals surface area contributed by atoms with Crippen LogP contribution in [0.15, 0.2) is 78.9 Å². The molecule has 0 radical (unpaired) electrons. The molecule has 0 aliphatic rings. The number of carbonyl (C=O) groups excluding carboxylic acids is 1. The Morgan fingerprint density at radius 1 is 0.885 bits per heavy atom. The smallest absolute Gasteiger partial charge is 0.265 e. The molecule has 3 aromatic rings. The zero-order chi connectivity index (χ0) is 18.4. The van der Waals surface area contributed by atoms with Gasteiger partial charge in [-0.2, -0.15) is 0 Å². The molecule has 5 heteroatoms. The van der Waals surface area contributed by atoms with E-state index in [4.69, 9.17) is 21.1 Å². The van der Waals surface area contributed by atoms with Gasteiger partial charge in [-0.25, -0.2) is 0 Å². The Labute approximate surface area is 157 Å². The van der Waals surface area contributed by atoms with Crippen molar-refractivity contribution in [3.63, 3.8) is 0 Å². The average molecular weight is 368 g/mol. The van der Waals surface area contributed by atoms with Gasteiger partial charge in [0.25, 0.3) is 5.91 Å². The Kier molecular flexibility index (Phi) is 5.77. The fourth-order valence-electron chi connectivity index (χ4n) is 2.27. The minimum absolute atomic E-state index is 0.248. The molecule has 0 bridgehead atoms. The van der Waals surface area contributed by atoms with Crippen molar-refractivity contribution in [3.05, 3.63) is 83.9 Å². The fraction of sp³-hybridized carbons (Fsp3) is 0.0952. The molecular weight excluding hydrogens is 350 g/mol. The van der Waals surface area contributed by atoms with E-state index < -0.39 is 6.10 Å². The molecule has 0 aliphatic carbocycles. The highest BCUT2D eigenvalue weighted by atomic mass is 35.5. The second kappa shape index (κ2) is 8.41. The van der Waals surface area contributed by atoms with Gasteiger partial charge < -0.3 is 14.8 Å². The van der Waals surface area contributed by atoms with Crippen molar-refractivity contribution in [3.8, 4) is 17.2 Å². The molecule has 1 amide bonds. The number of hydrogen-bond acceptors (Lipinski definition) is 3. The third-order valence-electron chi connectivity index (χ3n) is 3.58. The molecule has 0 spiro atoms. The zero-order valence-electron chi connectivity index (χ0n) is 14.2. The maximum absolute atomic E-state index is 12.3. The van der Waals surface area contributed by atoms with Crippen LogP contribution in [0.4, 0.5) is 5.69 Å². The lowest BCUT2D eigenvalue weighted by Gasteiger charge is -2.15. The van der Waals surface area contributed by atoms with E-state index in [0.29, 0.717) is 22.2 Å². The molecule has 0 aromatic heterocycles. The number of benzene rings is 3. The normalized spacial score (nSPS) is 11.5. The van der Waals surface area contributed by atoms with E-state index in [0.717, 1.165) is 5.75 Å². The third-order valence-corrected chi connectivity index (χ3v) is 3.81. The lowest BCUT2D eigenvalue weighted by atomic mass is 10.2. The van der Waals surface area contributed by atoms with Gasteiger partial charge in [0.15, 0.2) is 6.10 Å². The zero-order valence-corrected chi connectivity index (χ0v) is 14.9. The molecule has 26 heavy (non-hydrogen) atoms. The van der Waals surface area contributed by atoms with Gasteiger partial charge in [-0.15, -0.1) is 0 Å². The molecule has 0 fully saturated rings. The largest absolute Gasteiger partial charge is 0.481 e. The van der Waals surface area contributed by atoms with Gasteiger partial charge in [0, 0.05) is 10.7 Å².